The van der Waals surface area contributed by atoms with Crippen LogP contribution in [0.15, 0.2) is 58.0 Å². The van der Waals surface area contributed by atoms with Crippen LogP contribution in [0.4, 0.5) is 0 Å². The van der Waals surface area contributed by atoms with Crippen molar-refractivity contribution in [2.24, 2.45) is 5.92 Å². The van der Waals surface area contributed by atoms with Crippen molar-refractivity contribution in [1.29, 1.82) is 0 Å². The Kier molecular flexibility index (Phi) is 6.18. The fourth-order valence-electron chi connectivity index (χ4n) is 3.18. The number of methoxy groups -OCH3 is 1. The average molecular weight is 457 g/mol. The van der Waals surface area contributed by atoms with Crippen molar-refractivity contribution in [2.45, 2.75) is 24.3 Å². The molecule has 0 saturated heterocycles. The SMILES string of the molecule is COc1ccc(-c2nc(CNC(=O)c3ccccc3S(C)(=O)=O)co2)cc1OCC1CC1. The predicted octanol–water partition coefficient (Wildman–Crippen LogP) is 3.47. The minimum Gasteiger partial charge on any atom is -0.493 e. The van der Waals surface area contributed by atoms with Gasteiger partial charge < -0.3 is 19.2 Å². The zero-order chi connectivity index (χ0) is 22.7. The first kappa shape index (κ1) is 21.9. The molecule has 0 radical (unpaired) electrons. The summed E-state index contributed by atoms with van der Waals surface area (Å²) in [7, 11) is -1.94. The number of rotatable bonds is 9. The Bertz CT molecular complexity index is 1230. The lowest BCUT2D eigenvalue weighted by molar-refractivity contribution is 0.0947. The summed E-state index contributed by atoms with van der Waals surface area (Å²) in [6, 6.07) is 11.5. The summed E-state index contributed by atoms with van der Waals surface area (Å²) in [6.07, 6.45) is 4.89. The van der Waals surface area contributed by atoms with Crippen LogP contribution in [0, 0.1) is 5.92 Å². The van der Waals surface area contributed by atoms with E-state index in [2.05, 4.69) is 10.3 Å². The Balaban J connectivity index is 1.45. The van der Waals surface area contributed by atoms with Crippen molar-refractivity contribution in [1.82, 2.24) is 10.3 Å². The van der Waals surface area contributed by atoms with Gasteiger partial charge in [-0.05, 0) is 49.1 Å². The van der Waals surface area contributed by atoms with Gasteiger partial charge in [-0.15, -0.1) is 0 Å². The summed E-state index contributed by atoms with van der Waals surface area (Å²) in [5, 5.41) is 2.69. The molecule has 32 heavy (non-hydrogen) atoms. The van der Waals surface area contributed by atoms with Gasteiger partial charge in [-0.25, -0.2) is 13.4 Å². The standard InChI is InChI=1S/C23H24N2O6S/c1-29-19-10-9-16(11-20(19)30-13-15-7-8-15)23-25-17(14-31-23)12-24-22(26)18-5-3-4-6-21(18)32(2,27)28/h3-6,9-11,14-15H,7-8,12-13H2,1-2H3,(H,24,26). The highest BCUT2D eigenvalue weighted by Gasteiger charge is 2.23. The van der Waals surface area contributed by atoms with Crippen LogP contribution in [0.3, 0.4) is 0 Å². The molecule has 0 unspecified atom stereocenters. The number of carbonyl (C=O) groups excluding carboxylic acids is 1. The van der Waals surface area contributed by atoms with Crippen LogP contribution in [0.1, 0.15) is 28.9 Å². The molecule has 1 aliphatic carbocycles. The van der Waals surface area contributed by atoms with Crippen LogP contribution in [0.5, 0.6) is 11.5 Å². The Hall–Kier alpha value is -3.33. The Morgan fingerprint density at radius 3 is 2.69 bits per heavy atom. The van der Waals surface area contributed by atoms with Crippen molar-refractivity contribution in [3.63, 3.8) is 0 Å². The second kappa shape index (κ2) is 9.04. The number of oxazole rings is 1. The van der Waals surface area contributed by atoms with E-state index in [1.165, 1.54) is 31.2 Å². The highest BCUT2D eigenvalue weighted by molar-refractivity contribution is 7.90. The van der Waals surface area contributed by atoms with E-state index in [0.717, 1.165) is 11.8 Å². The van der Waals surface area contributed by atoms with Gasteiger partial charge in [0.2, 0.25) is 5.89 Å². The number of benzene rings is 2. The van der Waals surface area contributed by atoms with E-state index in [4.69, 9.17) is 13.9 Å². The lowest BCUT2D eigenvalue weighted by Gasteiger charge is -2.11. The monoisotopic (exact) mass is 456 g/mol. The lowest BCUT2D eigenvalue weighted by atomic mass is 10.2. The zero-order valence-electron chi connectivity index (χ0n) is 17.8. The van der Waals surface area contributed by atoms with Crippen LogP contribution in [-0.2, 0) is 16.4 Å². The third-order valence-electron chi connectivity index (χ3n) is 5.10. The normalized spacial score (nSPS) is 13.6. The van der Waals surface area contributed by atoms with Crippen LogP contribution in [0.2, 0.25) is 0 Å². The fourth-order valence-corrected chi connectivity index (χ4v) is 4.07. The van der Waals surface area contributed by atoms with Gasteiger partial charge in [0.25, 0.3) is 5.91 Å². The summed E-state index contributed by atoms with van der Waals surface area (Å²) in [5.74, 6) is 1.74. The highest BCUT2D eigenvalue weighted by Crippen LogP contribution is 2.35. The maximum absolute atomic E-state index is 12.5. The molecule has 1 aliphatic rings. The number of nitrogens with one attached hydrogen (secondary N) is 1. The predicted molar refractivity (Wildman–Crippen MR) is 117 cm³/mol. The van der Waals surface area contributed by atoms with Gasteiger partial charge in [-0.1, -0.05) is 12.1 Å². The topological polar surface area (TPSA) is 108 Å². The van der Waals surface area contributed by atoms with Crippen molar-refractivity contribution >= 4 is 15.7 Å². The fraction of sp³-hybridized carbons (Fsp3) is 0.304. The highest BCUT2D eigenvalue weighted by atomic mass is 32.2. The first-order valence-corrected chi connectivity index (χ1v) is 12.1. The molecule has 0 atom stereocenters. The number of carbonyl (C=O) groups is 1. The van der Waals surface area contributed by atoms with Gasteiger partial charge in [-0.2, -0.15) is 0 Å². The van der Waals surface area contributed by atoms with Crippen molar-refractivity contribution in [2.75, 3.05) is 20.0 Å². The maximum atomic E-state index is 12.5. The molecule has 1 aromatic heterocycles. The minimum atomic E-state index is -3.53. The van der Waals surface area contributed by atoms with Gasteiger partial charge in [-0.3, -0.25) is 4.79 Å². The van der Waals surface area contributed by atoms with E-state index in [-0.39, 0.29) is 17.0 Å². The van der Waals surface area contributed by atoms with Crippen LogP contribution in [0.25, 0.3) is 11.5 Å². The third-order valence-corrected chi connectivity index (χ3v) is 6.25. The molecule has 9 heteroatoms. The molecule has 168 valence electrons. The molecule has 0 aliphatic heterocycles. The van der Waals surface area contributed by atoms with E-state index >= 15 is 0 Å². The van der Waals surface area contributed by atoms with Crippen LogP contribution < -0.4 is 14.8 Å². The second-order valence-electron chi connectivity index (χ2n) is 7.72. The number of hydrogen-bond donors (Lipinski definition) is 1. The van der Waals surface area contributed by atoms with Gasteiger partial charge in [0, 0.05) is 11.8 Å². The zero-order valence-corrected chi connectivity index (χ0v) is 18.6. The summed E-state index contributed by atoms with van der Waals surface area (Å²) in [4.78, 5) is 17.0. The van der Waals surface area contributed by atoms with Crippen LogP contribution >= 0.6 is 0 Å². The van der Waals surface area contributed by atoms with E-state index < -0.39 is 15.7 Å². The van der Waals surface area contributed by atoms with E-state index in [0.29, 0.717) is 35.6 Å². The number of aromatic nitrogens is 1. The Labute approximate surface area is 186 Å². The number of amides is 1. The molecule has 1 fully saturated rings. The molecule has 3 aromatic rings. The summed E-state index contributed by atoms with van der Waals surface area (Å²) in [6.45, 7) is 0.735. The van der Waals surface area contributed by atoms with E-state index in [9.17, 15) is 13.2 Å². The van der Waals surface area contributed by atoms with Crippen molar-refractivity contribution < 1.29 is 27.1 Å². The van der Waals surface area contributed by atoms with Gasteiger partial charge >= 0.3 is 0 Å². The lowest BCUT2D eigenvalue weighted by Crippen LogP contribution is -2.24. The molecule has 1 heterocycles. The number of nitrogens with zero attached hydrogens (tertiary/aromatic N) is 1. The minimum absolute atomic E-state index is 0.0182. The third kappa shape index (κ3) is 5.11. The van der Waals surface area contributed by atoms with E-state index in [1.807, 2.05) is 12.1 Å². The molecule has 1 amide bonds. The molecular weight excluding hydrogens is 432 g/mol. The van der Waals surface area contributed by atoms with E-state index in [1.54, 1.807) is 25.3 Å². The van der Waals surface area contributed by atoms with Gasteiger partial charge in [0.15, 0.2) is 21.3 Å². The first-order chi connectivity index (χ1) is 15.3. The molecule has 0 spiro atoms. The summed E-state index contributed by atoms with van der Waals surface area (Å²) in [5.41, 5.74) is 1.31. The Morgan fingerprint density at radius 2 is 1.97 bits per heavy atom. The first-order valence-electron chi connectivity index (χ1n) is 10.2. The molecular formula is C23H24N2O6S. The Morgan fingerprint density at radius 1 is 1.19 bits per heavy atom. The largest absolute Gasteiger partial charge is 0.493 e. The number of hydrogen-bond acceptors (Lipinski definition) is 7. The van der Waals surface area contributed by atoms with Gasteiger partial charge in [0.05, 0.1) is 36.4 Å². The summed E-state index contributed by atoms with van der Waals surface area (Å²) >= 11 is 0. The molecule has 4 rings (SSSR count). The average Bonchev–Trinajstić information content (AvgIpc) is 3.50. The smallest absolute Gasteiger partial charge is 0.252 e. The summed E-state index contributed by atoms with van der Waals surface area (Å²) < 4.78 is 40.7. The molecule has 0 bridgehead atoms. The van der Waals surface area contributed by atoms with Gasteiger partial charge in [0.1, 0.15) is 6.26 Å². The number of sulfone groups is 1. The number of ether oxygens (including phenoxy) is 2. The second-order valence-corrected chi connectivity index (χ2v) is 9.70. The quantitative estimate of drug-likeness (QED) is 0.525. The molecule has 1 N–H and O–H groups in total. The molecule has 2 aromatic carbocycles. The molecule has 8 nitrogen and oxygen atoms in total. The van der Waals surface area contributed by atoms with Crippen molar-refractivity contribution in [3.8, 4) is 23.0 Å². The molecule has 1 saturated carbocycles. The van der Waals surface area contributed by atoms with Crippen LogP contribution in [-0.4, -0.2) is 39.3 Å². The maximum Gasteiger partial charge on any atom is 0.252 e. The van der Waals surface area contributed by atoms with Crippen molar-refractivity contribution in [3.05, 3.63) is 60.0 Å².